The van der Waals surface area contributed by atoms with Crippen LogP contribution in [0.2, 0.25) is 5.15 Å². The van der Waals surface area contributed by atoms with Crippen molar-refractivity contribution >= 4 is 28.5 Å². The number of aromatic nitrogens is 2. The van der Waals surface area contributed by atoms with Crippen LogP contribution in [-0.4, -0.2) is 21.3 Å². The molecule has 4 nitrogen and oxygen atoms in total. The number of fused-ring (bicyclic) bond motifs is 1. The van der Waals surface area contributed by atoms with Gasteiger partial charge in [0.2, 0.25) is 0 Å². The lowest BCUT2D eigenvalue weighted by molar-refractivity contribution is -0.138. The first-order valence-electron chi connectivity index (χ1n) is 4.46. The molecule has 0 aliphatic rings. The second kappa shape index (κ2) is 3.55. The number of aromatic amines is 1. The van der Waals surface area contributed by atoms with Gasteiger partial charge in [0.05, 0.1) is 11.4 Å². The van der Waals surface area contributed by atoms with Crippen molar-refractivity contribution in [2.75, 3.05) is 0 Å². The molecule has 15 heavy (non-hydrogen) atoms. The largest absolute Gasteiger partial charge is 0.481 e. The number of nitrogens with one attached hydrogen (secondary N) is 1. The lowest BCUT2D eigenvalue weighted by Crippen LogP contribution is -2.07. The summed E-state index contributed by atoms with van der Waals surface area (Å²) in [5, 5.41) is 16.6. The van der Waals surface area contributed by atoms with Crippen LogP contribution < -0.4 is 0 Å². The molecule has 1 atom stereocenters. The molecule has 0 amide bonds. The van der Waals surface area contributed by atoms with Gasteiger partial charge in [0.1, 0.15) is 5.15 Å². The Labute approximate surface area is 90.9 Å². The highest BCUT2D eigenvalue weighted by atomic mass is 35.5. The summed E-state index contributed by atoms with van der Waals surface area (Å²) >= 11 is 5.92. The predicted molar refractivity (Wildman–Crippen MR) is 57.2 cm³/mol. The van der Waals surface area contributed by atoms with E-state index in [4.69, 9.17) is 16.7 Å². The first kappa shape index (κ1) is 9.98. The van der Waals surface area contributed by atoms with Gasteiger partial charge in [0.15, 0.2) is 0 Å². The number of aliphatic carboxylic acids is 1. The standard InChI is InChI=1S/C10H9ClN2O2/c1-5(10(14)15)6-3-2-4-7-8(6)9(11)13-12-7/h2-5H,1H3,(H,12,13)(H,14,15). The van der Waals surface area contributed by atoms with Gasteiger partial charge in [-0.1, -0.05) is 23.7 Å². The van der Waals surface area contributed by atoms with Gasteiger partial charge < -0.3 is 5.11 Å². The van der Waals surface area contributed by atoms with Crippen molar-refractivity contribution in [2.24, 2.45) is 0 Å². The zero-order valence-electron chi connectivity index (χ0n) is 7.99. The van der Waals surface area contributed by atoms with Gasteiger partial charge >= 0.3 is 5.97 Å². The number of carbonyl (C=O) groups is 1. The van der Waals surface area contributed by atoms with Gasteiger partial charge in [-0.3, -0.25) is 9.89 Å². The fraction of sp³-hybridized carbons (Fsp3) is 0.200. The normalized spacial score (nSPS) is 12.9. The zero-order valence-corrected chi connectivity index (χ0v) is 8.75. The molecule has 1 aromatic heterocycles. The van der Waals surface area contributed by atoms with Crippen molar-refractivity contribution in [3.63, 3.8) is 0 Å². The molecule has 0 saturated heterocycles. The number of hydrogen-bond acceptors (Lipinski definition) is 2. The third-order valence-electron chi connectivity index (χ3n) is 2.41. The van der Waals surface area contributed by atoms with E-state index in [2.05, 4.69) is 10.2 Å². The maximum absolute atomic E-state index is 10.9. The maximum atomic E-state index is 10.9. The van der Waals surface area contributed by atoms with Crippen LogP contribution in [0.4, 0.5) is 0 Å². The molecule has 5 heteroatoms. The van der Waals surface area contributed by atoms with E-state index in [-0.39, 0.29) is 0 Å². The summed E-state index contributed by atoms with van der Waals surface area (Å²) in [6.07, 6.45) is 0. The first-order chi connectivity index (χ1) is 7.11. The van der Waals surface area contributed by atoms with Crippen LogP contribution in [0.25, 0.3) is 10.9 Å². The summed E-state index contributed by atoms with van der Waals surface area (Å²) in [6.45, 7) is 1.63. The van der Waals surface area contributed by atoms with Gasteiger partial charge in [-0.15, -0.1) is 0 Å². The number of carboxylic acid groups (broad SMARTS) is 1. The lowest BCUT2D eigenvalue weighted by atomic mass is 9.98. The molecule has 0 fully saturated rings. The Morgan fingerprint density at radius 3 is 3.00 bits per heavy atom. The van der Waals surface area contributed by atoms with Gasteiger partial charge in [-0.25, -0.2) is 0 Å². The van der Waals surface area contributed by atoms with Gasteiger partial charge in [-0.05, 0) is 18.6 Å². The number of nitrogens with zero attached hydrogens (tertiary/aromatic N) is 1. The molecule has 2 rings (SSSR count). The average Bonchev–Trinajstić information content (AvgIpc) is 2.59. The van der Waals surface area contributed by atoms with Crippen molar-refractivity contribution in [3.8, 4) is 0 Å². The van der Waals surface area contributed by atoms with Gasteiger partial charge in [0.25, 0.3) is 0 Å². The van der Waals surface area contributed by atoms with E-state index in [9.17, 15) is 4.79 Å². The highest BCUT2D eigenvalue weighted by Crippen LogP contribution is 2.29. The van der Waals surface area contributed by atoms with E-state index in [0.29, 0.717) is 21.6 Å². The maximum Gasteiger partial charge on any atom is 0.310 e. The third-order valence-corrected chi connectivity index (χ3v) is 2.68. The van der Waals surface area contributed by atoms with Crippen molar-refractivity contribution in [2.45, 2.75) is 12.8 Å². The van der Waals surface area contributed by atoms with Crippen LogP contribution in [0.5, 0.6) is 0 Å². The summed E-state index contributed by atoms with van der Waals surface area (Å²) in [7, 11) is 0. The fourth-order valence-electron chi connectivity index (χ4n) is 1.55. The van der Waals surface area contributed by atoms with E-state index in [1.807, 2.05) is 0 Å². The number of rotatable bonds is 2. The van der Waals surface area contributed by atoms with Crippen LogP contribution in [0.15, 0.2) is 18.2 Å². The Hall–Kier alpha value is -1.55. The topological polar surface area (TPSA) is 66.0 Å². The van der Waals surface area contributed by atoms with E-state index in [1.165, 1.54) is 0 Å². The summed E-state index contributed by atoms with van der Waals surface area (Å²) in [6, 6.07) is 5.31. The smallest absolute Gasteiger partial charge is 0.310 e. The Bertz CT molecular complexity index is 521. The Morgan fingerprint density at radius 2 is 2.33 bits per heavy atom. The quantitative estimate of drug-likeness (QED) is 0.823. The molecule has 1 heterocycles. The summed E-state index contributed by atoms with van der Waals surface area (Å²) < 4.78 is 0. The van der Waals surface area contributed by atoms with Gasteiger partial charge in [-0.2, -0.15) is 5.10 Å². The minimum absolute atomic E-state index is 0.383. The molecule has 0 aliphatic heterocycles. The summed E-state index contributed by atoms with van der Waals surface area (Å²) in [5.74, 6) is -1.47. The van der Waals surface area contributed by atoms with Crippen LogP contribution in [0.1, 0.15) is 18.4 Å². The molecule has 0 aliphatic carbocycles. The molecule has 1 unspecified atom stereocenters. The molecule has 0 radical (unpaired) electrons. The molecule has 0 bridgehead atoms. The molecule has 1 aromatic carbocycles. The monoisotopic (exact) mass is 224 g/mol. The highest BCUT2D eigenvalue weighted by molar-refractivity contribution is 6.34. The molecular weight excluding hydrogens is 216 g/mol. The van der Waals surface area contributed by atoms with Crippen molar-refractivity contribution in [1.82, 2.24) is 10.2 Å². The first-order valence-corrected chi connectivity index (χ1v) is 4.84. The minimum Gasteiger partial charge on any atom is -0.481 e. The van der Waals surface area contributed by atoms with Crippen LogP contribution in [0, 0.1) is 0 Å². The zero-order chi connectivity index (χ0) is 11.0. The lowest BCUT2D eigenvalue weighted by Gasteiger charge is -2.07. The third kappa shape index (κ3) is 1.57. The molecule has 0 saturated carbocycles. The van der Waals surface area contributed by atoms with Crippen molar-refractivity contribution in [1.29, 1.82) is 0 Å². The average molecular weight is 225 g/mol. The SMILES string of the molecule is CC(C(=O)O)c1cccc2n[nH]c(Cl)c12. The summed E-state index contributed by atoms with van der Waals surface area (Å²) in [5.41, 5.74) is 1.37. The van der Waals surface area contributed by atoms with Crippen molar-refractivity contribution < 1.29 is 9.90 Å². The molecule has 2 aromatic rings. The number of carboxylic acids is 1. The number of benzene rings is 1. The highest BCUT2D eigenvalue weighted by Gasteiger charge is 2.18. The fourth-order valence-corrected chi connectivity index (χ4v) is 1.80. The van der Waals surface area contributed by atoms with E-state index in [0.717, 1.165) is 0 Å². The van der Waals surface area contributed by atoms with E-state index >= 15 is 0 Å². The number of halogens is 1. The van der Waals surface area contributed by atoms with E-state index < -0.39 is 11.9 Å². The minimum atomic E-state index is -0.875. The van der Waals surface area contributed by atoms with Crippen LogP contribution >= 0.6 is 11.6 Å². The molecular formula is C10H9ClN2O2. The number of H-pyrrole nitrogens is 1. The van der Waals surface area contributed by atoms with E-state index in [1.54, 1.807) is 25.1 Å². The Morgan fingerprint density at radius 1 is 1.60 bits per heavy atom. The van der Waals surface area contributed by atoms with Crippen LogP contribution in [-0.2, 0) is 4.79 Å². The second-order valence-corrected chi connectivity index (χ2v) is 3.72. The molecule has 78 valence electrons. The predicted octanol–water partition coefficient (Wildman–Crippen LogP) is 2.40. The van der Waals surface area contributed by atoms with Crippen LogP contribution in [0.3, 0.4) is 0 Å². The Kier molecular flexibility index (Phi) is 2.36. The van der Waals surface area contributed by atoms with Crippen molar-refractivity contribution in [3.05, 3.63) is 28.9 Å². The number of hydrogen-bond donors (Lipinski definition) is 2. The second-order valence-electron chi connectivity index (χ2n) is 3.34. The molecule has 2 N–H and O–H groups in total. The van der Waals surface area contributed by atoms with Gasteiger partial charge in [0, 0.05) is 5.39 Å². The summed E-state index contributed by atoms with van der Waals surface area (Å²) in [4.78, 5) is 10.9. The molecule has 0 spiro atoms. The Balaban J connectivity index is 2.69.